The van der Waals surface area contributed by atoms with E-state index in [1.807, 2.05) is 39.0 Å². The molecule has 0 saturated carbocycles. The van der Waals surface area contributed by atoms with Crippen LogP contribution >= 0.6 is 15.9 Å². The molecule has 0 aliphatic heterocycles. The molecule has 2 N–H and O–H groups in total. The first-order valence-corrected chi connectivity index (χ1v) is 5.62. The summed E-state index contributed by atoms with van der Waals surface area (Å²) in [5.74, 6) is 0. The summed E-state index contributed by atoms with van der Waals surface area (Å²) in [5.41, 5.74) is 1.93. The molecule has 0 unspecified atom stereocenters. The van der Waals surface area contributed by atoms with E-state index in [4.69, 9.17) is 0 Å². The van der Waals surface area contributed by atoms with Gasteiger partial charge < -0.3 is 10.6 Å². The van der Waals surface area contributed by atoms with E-state index in [0.29, 0.717) is 0 Å². The molecule has 0 heterocycles. The van der Waals surface area contributed by atoms with Crippen molar-refractivity contribution in [1.29, 1.82) is 0 Å². The Kier molecular flexibility index (Phi) is 4.15. The molecule has 82 valence electrons. The third kappa shape index (κ3) is 3.91. The molecule has 1 rings (SSSR count). The Balaban J connectivity index is 2.68. The van der Waals surface area contributed by atoms with Gasteiger partial charge in [-0.2, -0.15) is 0 Å². The van der Waals surface area contributed by atoms with Gasteiger partial charge in [-0.15, -0.1) is 0 Å². The zero-order valence-corrected chi connectivity index (χ0v) is 10.7. The van der Waals surface area contributed by atoms with Crippen LogP contribution in [0.3, 0.4) is 0 Å². The van der Waals surface area contributed by atoms with Gasteiger partial charge in [-0.05, 0) is 54.4 Å². The van der Waals surface area contributed by atoms with E-state index in [1.165, 1.54) is 0 Å². The number of carbonyl (C=O) groups is 1. The number of amides is 2. The third-order valence-corrected chi connectivity index (χ3v) is 2.45. The second kappa shape index (κ2) is 5.16. The Bertz CT molecular complexity index is 364. The average molecular weight is 271 g/mol. The van der Waals surface area contributed by atoms with Crippen LogP contribution in [0.5, 0.6) is 0 Å². The molecule has 0 radical (unpaired) electrons. The van der Waals surface area contributed by atoms with E-state index in [2.05, 4.69) is 26.6 Å². The fraction of sp³-hybridized carbons (Fsp3) is 0.364. The van der Waals surface area contributed by atoms with Crippen molar-refractivity contribution in [3.8, 4) is 0 Å². The highest BCUT2D eigenvalue weighted by Gasteiger charge is 2.05. The molecule has 0 atom stereocenters. The minimum atomic E-state index is -0.186. The molecule has 1 aromatic carbocycles. The normalized spacial score (nSPS) is 10.2. The van der Waals surface area contributed by atoms with Crippen molar-refractivity contribution in [2.24, 2.45) is 0 Å². The van der Waals surface area contributed by atoms with Crippen LogP contribution in [-0.2, 0) is 0 Å². The largest absolute Gasteiger partial charge is 0.336 e. The smallest absolute Gasteiger partial charge is 0.319 e. The first-order chi connectivity index (χ1) is 6.99. The van der Waals surface area contributed by atoms with Crippen LogP contribution in [0.15, 0.2) is 22.7 Å². The van der Waals surface area contributed by atoms with Gasteiger partial charge in [0.25, 0.3) is 0 Å². The van der Waals surface area contributed by atoms with Crippen LogP contribution < -0.4 is 10.6 Å². The maximum Gasteiger partial charge on any atom is 0.319 e. The lowest BCUT2D eigenvalue weighted by molar-refractivity contribution is 0.250. The Morgan fingerprint density at radius 3 is 2.60 bits per heavy atom. The Labute approximate surface area is 98.4 Å². The average Bonchev–Trinajstić information content (AvgIpc) is 2.08. The topological polar surface area (TPSA) is 41.1 Å². The molecule has 0 aliphatic rings. The number of hydrogen-bond donors (Lipinski definition) is 2. The van der Waals surface area contributed by atoms with Gasteiger partial charge in [0.1, 0.15) is 0 Å². The van der Waals surface area contributed by atoms with Gasteiger partial charge >= 0.3 is 6.03 Å². The quantitative estimate of drug-likeness (QED) is 0.851. The van der Waals surface area contributed by atoms with Gasteiger partial charge in [0.05, 0.1) is 5.69 Å². The highest BCUT2D eigenvalue weighted by atomic mass is 79.9. The van der Waals surface area contributed by atoms with Crippen LogP contribution in [0, 0.1) is 6.92 Å². The number of rotatable bonds is 2. The molecule has 15 heavy (non-hydrogen) atoms. The lowest BCUT2D eigenvalue weighted by Crippen LogP contribution is -2.34. The van der Waals surface area contributed by atoms with E-state index < -0.39 is 0 Å². The van der Waals surface area contributed by atoms with Gasteiger partial charge in [-0.1, -0.05) is 6.07 Å². The van der Waals surface area contributed by atoms with E-state index in [-0.39, 0.29) is 12.1 Å². The molecule has 0 aliphatic carbocycles. The molecule has 4 heteroatoms. The second-order valence-electron chi connectivity index (χ2n) is 3.74. The van der Waals surface area contributed by atoms with E-state index in [1.54, 1.807) is 0 Å². The number of halogens is 1. The highest BCUT2D eigenvalue weighted by molar-refractivity contribution is 9.10. The molecule has 0 fully saturated rings. The van der Waals surface area contributed by atoms with Gasteiger partial charge in [-0.3, -0.25) is 0 Å². The maximum absolute atomic E-state index is 11.4. The number of benzene rings is 1. The number of aryl methyl sites for hydroxylation is 1. The molecule has 0 spiro atoms. The summed E-state index contributed by atoms with van der Waals surface area (Å²) >= 11 is 3.40. The van der Waals surface area contributed by atoms with Crippen LogP contribution in [-0.4, -0.2) is 12.1 Å². The van der Waals surface area contributed by atoms with Crippen LogP contribution in [0.25, 0.3) is 0 Å². The zero-order chi connectivity index (χ0) is 11.4. The van der Waals surface area contributed by atoms with E-state index >= 15 is 0 Å². The van der Waals surface area contributed by atoms with E-state index in [0.717, 1.165) is 15.7 Å². The first-order valence-electron chi connectivity index (χ1n) is 4.82. The number of hydrogen-bond acceptors (Lipinski definition) is 1. The molecule has 1 aromatic rings. The SMILES string of the molecule is Cc1ccc(NC(=O)NC(C)C)c(Br)c1. The standard InChI is InChI=1S/C11H15BrN2O/c1-7(2)13-11(15)14-10-5-4-8(3)6-9(10)12/h4-7H,1-3H3,(H2,13,14,15). The lowest BCUT2D eigenvalue weighted by atomic mass is 10.2. The van der Waals surface area contributed by atoms with Gasteiger partial charge in [0, 0.05) is 10.5 Å². The predicted molar refractivity (Wildman–Crippen MR) is 66.2 cm³/mol. The molecular weight excluding hydrogens is 256 g/mol. The fourth-order valence-corrected chi connectivity index (χ4v) is 1.73. The third-order valence-electron chi connectivity index (χ3n) is 1.79. The number of urea groups is 1. The van der Waals surface area contributed by atoms with Crippen molar-refractivity contribution in [3.05, 3.63) is 28.2 Å². The minimum absolute atomic E-state index is 0.134. The molecular formula is C11H15BrN2O. The molecule has 2 amide bonds. The Morgan fingerprint density at radius 1 is 1.40 bits per heavy atom. The summed E-state index contributed by atoms with van der Waals surface area (Å²) in [4.78, 5) is 11.4. The number of anilines is 1. The van der Waals surface area contributed by atoms with Crippen LogP contribution in [0.4, 0.5) is 10.5 Å². The van der Waals surface area contributed by atoms with Gasteiger partial charge in [0.15, 0.2) is 0 Å². The zero-order valence-electron chi connectivity index (χ0n) is 9.10. The number of carbonyl (C=O) groups excluding carboxylic acids is 1. The predicted octanol–water partition coefficient (Wildman–Crippen LogP) is 3.29. The lowest BCUT2D eigenvalue weighted by Gasteiger charge is -2.11. The Hall–Kier alpha value is -1.03. The van der Waals surface area contributed by atoms with Gasteiger partial charge in [-0.25, -0.2) is 4.79 Å². The van der Waals surface area contributed by atoms with Crippen molar-refractivity contribution < 1.29 is 4.79 Å². The summed E-state index contributed by atoms with van der Waals surface area (Å²) in [7, 11) is 0. The van der Waals surface area contributed by atoms with E-state index in [9.17, 15) is 4.79 Å². The monoisotopic (exact) mass is 270 g/mol. The van der Waals surface area contributed by atoms with Crippen molar-refractivity contribution in [2.75, 3.05) is 5.32 Å². The van der Waals surface area contributed by atoms with Crippen LogP contribution in [0.2, 0.25) is 0 Å². The Morgan fingerprint density at radius 2 is 2.07 bits per heavy atom. The fourth-order valence-electron chi connectivity index (χ4n) is 1.14. The molecule has 0 saturated heterocycles. The minimum Gasteiger partial charge on any atom is -0.336 e. The highest BCUT2D eigenvalue weighted by Crippen LogP contribution is 2.23. The second-order valence-corrected chi connectivity index (χ2v) is 4.59. The summed E-state index contributed by atoms with van der Waals surface area (Å²) < 4.78 is 0.890. The first kappa shape index (κ1) is 12.0. The molecule has 0 bridgehead atoms. The summed E-state index contributed by atoms with van der Waals surface area (Å²) in [6.45, 7) is 5.84. The van der Waals surface area contributed by atoms with Crippen molar-refractivity contribution in [1.82, 2.24) is 5.32 Å². The van der Waals surface area contributed by atoms with Crippen LogP contribution in [0.1, 0.15) is 19.4 Å². The summed E-state index contributed by atoms with van der Waals surface area (Å²) in [6.07, 6.45) is 0. The number of nitrogens with one attached hydrogen (secondary N) is 2. The van der Waals surface area contributed by atoms with Gasteiger partial charge in [0.2, 0.25) is 0 Å². The van der Waals surface area contributed by atoms with Crippen molar-refractivity contribution in [2.45, 2.75) is 26.8 Å². The molecule has 3 nitrogen and oxygen atoms in total. The summed E-state index contributed by atoms with van der Waals surface area (Å²) in [5, 5.41) is 5.53. The van der Waals surface area contributed by atoms with Crippen molar-refractivity contribution >= 4 is 27.6 Å². The molecule has 0 aromatic heterocycles. The van der Waals surface area contributed by atoms with Crippen molar-refractivity contribution in [3.63, 3.8) is 0 Å². The maximum atomic E-state index is 11.4. The summed E-state index contributed by atoms with van der Waals surface area (Å²) in [6, 6.07) is 5.74.